The second-order valence-corrected chi connectivity index (χ2v) is 8.11. The Morgan fingerprint density at radius 3 is 2.30 bits per heavy atom. The summed E-state index contributed by atoms with van der Waals surface area (Å²) in [6, 6.07) is 13.5. The summed E-state index contributed by atoms with van der Waals surface area (Å²) in [5.41, 5.74) is 1.26. The maximum Gasteiger partial charge on any atom is 0.295 e. The van der Waals surface area contributed by atoms with Crippen LogP contribution in [0.5, 0.6) is 11.5 Å². The van der Waals surface area contributed by atoms with Gasteiger partial charge in [0.05, 0.1) is 24.8 Å². The van der Waals surface area contributed by atoms with Gasteiger partial charge in [-0.15, -0.1) is 0 Å². The zero-order valence-electron chi connectivity index (χ0n) is 19.7. The topological polar surface area (TPSA) is 79.3 Å². The minimum absolute atomic E-state index is 0.0858. The molecule has 0 radical (unpaired) electrons. The molecule has 1 atom stereocenters. The standard InChI is InChI=1S/C26H32N2O5/c1-5-32-20-13-11-18(12-14-20)24(29)22-23(19-9-7-10-21(17-19)33-6-2)28(26(31)25(22)30)16-8-15-27(3)4/h7,9-14,17,23,29H,5-6,8,15-16H2,1-4H3. The third kappa shape index (κ3) is 5.54. The molecule has 0 spiro atoms. The number of ketones is 1. The monoisotopic (exact) mass is 452 g/mol. The van der Waals surface area contributed by atoms with Gasteiger partial charge in [0.25, 0.3) is 11.7 Å². The zero-order valence-corrected chi connectivity index (χ0v) is 19.7. The molecule has 1 unspecified atom stereocenters. The summed E-state index contributed by atoms with van der Waals surface area (Å²) in [5, 5.41) is 11.2. The molecular formula is C26H32N2O5. The van der Waals surface area contributed by atoms with E-state index in [1.807, 2.05) is 57.1 Å². The first-order valence-corrected chi connectivity index (χ1v) is 11.3. The van der Waals surface area contributed by atoms with Crippen LogP contribution in [-0.2, 0) is 9.59 Å². The number of benzene rings is 2. The van der Waals surface area contributed by atoms with Gasteiger partial charge in [0.2, 0.25) is 0 Å². The van der Waals surface area contributed by atoms with Crippen LogP contribution in [-0.4, -0.2) is 67.0 Å². The van der Waals surface area contributed by atoms with E-state index >= 15 is 0 Å². The molecule has 0 bridgehead atoms. The van der Waals surface area contributed by atoms with Gasteiger partial charge in [-0.2, -0.15) is 0 Å². The van der Waals surface area contributed by atoms with Gasteiger partial charge in [0.1, 0.15) is 17.3 Å². The molecule has 0 saturated carbocycles. The number of amides is 1. The molecule has 2 aromatic carbocycles. The van der Waals surface area contributed by atoms with E-state index in [1.165, 1.54) is 0 Å². The van der Waals surface area contributed by atoms with E-state index in [0.717, 1.165) is 12.1 Å². The SMILES string of the molecule is CCOc1ccc(C(O)=C2C(=O)C(=O)N(CCCN(C)C)C2c2cccc(OCC)c2)cc1. The fourth-order valence-corrected chi connectivity index (χ4v) is 3.99. The number of carbonyl (C=O) groups excluding carboxylic acids is 2. The van der Waals surface area contributed by atoms with Crippen molar-refractivity contribution in [2.24, 2.45) is 0 Å². The first-order chi connectivity index (χ1) is 15.9. The zero-order chi connectivity index (χ0) is 24.0. The van der Waals surface area contributed by atoms with E-state index in [1.54, 1.807) is 29.2 Å². The van der Waals surface area contributed by atoms with Crippen molar-refractivity contribution in [1.29, 1.82) is 0 Å². The number of Topliss-reactive ketones (excluding diaryl/α,β-unsaturated/α-hetero) is 1. The first kappa shape index (κ1) is 24.3. The molecule has 7 nitrogen and oxygen atoms in total. The van der Waals surface area contributed by atoms with E-state index < -0.39 is 17.7 Å². The summed E-state index contributed by atoms with van der Waals surface area (Å²) in [6.45, 7) is 5.98. The Labute approximate surface area is 195 Å². The fourth-order valence-electron chi connectivity index (χ4n) is 3.99. The second-order valence-electron chi connectivity index (χ2n) is 8.11. The van der Waals surface area contributed by atoms with Crippen LogP contribution in [0.2, 0.25) is 0 Å². The first-order valence-electron chi connectivity index (χ1n) is 11.3. The quantitative estimate of drug-likeness (QED) is 0.335. The Bertz CT molecular complexity index is 1010. The average molecular weight is 453 g/mol. The highest BCUT2D eigenvalue weighted by Gasteiger charge is 2.45. The predicted molar refractivity (Wildman–Crippen MR) is 127 cm³/mol. The largest absolute Gasteiger partial charge is 0.507 e. The smallest absolute Gasteiger partial charge is 0.295 e. The van der Waals surface area contributed by atoms with Gasteiger partial charge < -0.3 is 24.4 Å². The van der Waals surface area contributed by atoms with Crippen molar-refractivity contribution in [3.8, 4) is 11.5 Å². The van der Waals surface area contributed by atoms with Gasteiger partial charge in [-0.1, -0.05) is 12.1 Å². The lowest BCUT2D eigenvalue weighted by atomic mass is 9.95. The van der Waals surface area contributed by atoms with E-state index in [9.17, 15) is 14.7 Å². The summed E-state index contributed by atoms with van der Waals surface area (Å²) in [7, 11) is 3.92. The molecule has 1 saturated heterocycles. The van der Waals surface area contributed by atoms with Crippen LogP contribution in [0, 0.1) is 0 Å². The number of hydrogen-bond donors (Lipinski definition) is 1. The Kier molecular flexibility index (Phi) is 8.11. The summed E-state index contributed by atoms with van der Waals surface area (Å²) in [4.78, 5) is 29.7. The lowest BCUT2D eigenvalue weighted by Gasteiger charge is -2.26. The number of carbonyl (C=O) groups is 2. The minimum atomic E-state index is -0.695. The van der Waals surface area contributed by atoms with Crippen LogP contribution in [0.1, 0.15) is 37.4 Å². The predicted octanol–water partition coefficient (Wildman–Crippen LogP) is 3.86. The van der Waals surface area contributed by atoms with Crippen molar-refractivity contribution in [2.75, 3.05) is 40.4 Å². The molecular weight excluding hydrogens is 420 g/mol. The molecule has 0 aliphatic carbocycles. The second kappa shape index (κ2) is 11.0. The third-order valence-electron chi connectivity index (χ3n) is 5.47. The van der Waals surface area contributed by atoms with Gasteiger partial charge >= 0.3 is 0 Å². The molecule has 0 aromatic heterocycles. The summed E-state index contributed by atoms with van der Waals surface area (Å²) in [6.07, 6.45) is 0.699. The summed E-state index contributed by atoms with van der Waals surface area (Å²) < 4.78 is 11.1. The number of rotatable bonds is 10. The highest BCUT2D eigenvalue weighted by molar-refractivity contribution is 6.46. The molecule has 176 valence electrons. The molecule has 1 heterocycles. The van der Waals surface area contributed by atoms with Crippen molar-refractivity contribution in [2.45, 2.75) is 26.3 Å². The highest BCUT2D eigenvalue weighted by Crippen LogP contribution is 2.40. The van der Waals surface area contributed by atoms with Crippen molar-refractivity contribution in [1.82, 2.24) is 9.80 Å². The maximum absolute atomic E-state index is 13.1. The van der Waals surface area contributed by atoms with Crippen LogP contribution >= 0.6 is 0 Å². The van der Waals surface area contributed by atoms with Gasteiger partial charge in [-0.3, -0.25) is 9.59 Å². The minimum Gasteiger partial charge on any atom is -0.507 e. The van der Waals surface area contributed by atoms with Crippen LogP contribution in [0.4, 0.5) is 0 Å². The number of nitrogens with zero attached hydrogens (tertiary/aromatic N) is 2. The molecule has 1 fully saturated rings. The Morgan fingerprint density at radius 2 is 1.67 bits per heavy atom. The third-order valence-corrected chi connectivity index (χ3v) is 5.47. The van der Waals surface area contributed by atoms with Crippen molar-refractivity contribution in [3.63, 3.8) is 0 Å². The van der Waals surface area contributed by atoms with Gasteiger partial charge in [0.15, 0.2) is 0 Å². The molecule has 2 aromatic rings. The van der Waals surface area contributed by atoms with Crippen molar-refractivity contribution >= 4 is 17.4 Å². The average Bonchev–Trinajstić information content (AvgIpc) is 3.04. The highest BCUT2D eigenvalue weighted by atomic mass is 16.5. The summed E-state index contributed by atoms with van der Waals surface area (Å²) >= 11 is 0. The Balaban J connectivity index is 2.07. The number of ether oxygens (including phenoxy) is 2. The summed E-state index contributed by atoms with van der Waals surface area (Å²) in [5.74, 6) is -0.168. The Morgan fingerprint density at radius 1 is 1.00 bits per heavy atom. The fraction of sp³-hybridized carbons (Fsp3) is 0.385. The Hall–Kier alpha value is -3.32. The van der Waals surface area contributed by atoms with Crippen LogP contribution in [0.25, 0.3) is 5.76 Å². The van der Waals surface area contributed by atoms with Gasteiger partial charge in [-0.05, 0) is 82.9 Å². The van der Waals surface area contributed by atoms with Gasteiger partial charge in [-0.25, -0.2) is 0 Å². The van der Waals surface area contributed by atoms with Crippen molar-refractivity contribution in [3.05, 3.63) is 65.2 Å². The maximum atomic E-state index is 13.1. The molecule has 3 rings (SSSR count). The van der Waals surface area contributed by atoms with Crippen LogP contribution < -0.4 is 9.47 Å². The van der Waals surface area contributed by atoms with E-state index in [0.29, 0.717) is 43.2 Å². The van der Waals surface area contributed by atoms with E-state index in [2.05, 4.69) is 0 Å². The molecule has 1 amide bonds. The number of hydrogen-bond acceptors (Lipinski definition) is 6. The molecule has 7 heteroatoms. The molecule has 1 aliphatic heterocycles. The number of aliphatic hydroxyl groups is 1. The normalized spacial score (nSPS) is 17.6. The van der Waals surface area contributed by atoms with E-state index in [-0.39, 0.29) is 11.3 Å². The number of likely N-dealkylation sites (tertiary alicyclic amines) is 1. The van der Waals surface area contributed by atoms with Gasteiger partial charge in [0, 0.05) is 12.1 Å². The van der Waals surface area contributed by atoms with Crippen LogP contribution in [0.15, 0.2) is 54.1 Å². The lowest BCUT2D eigenvalue weighted by Crippen LogP contribution is -2.32. The molecule has 1 aliphatic rings. The lowest BCUT2D eigenvalue weighted by molar-refractivity contribution is -0.139. The number of aliphatic hydroxyl groups excluding tert-OH is 1. The molecule has 33 heavy (non-hydrogen) atoms. The molecule has 1 N–H and O–H groups in total. The van der Waals surface area contributed by atoms with Crippen molar-refractivity contribution < 1.29 is 24.2 Å². The van der Waals surface area contributed by atoms with E-state index in [4.69, 9.17) is 9.47 Å². The van der Waals surface area contributed by atoms with Crippen LogP contribution in [0.3, 0.4) is 0 Å².